The monoisotopic (exact) mass is 254 g/mol. The standard InChI is InChI=1S/C17H22N2/c1-18(2)13-14-8-7-9-15(12-14)16-10-5-6-11-17(16)19(3)4/h5-12H,13H2,1-4H3. The summed E-state index contributed by atoms with van der Waals surface area (Å²) in [4.78, 5) is 4.35. The first-order valence-electron chi connectivity index (χ1n) is 6.58. The molecule has 100 valence electrons. The smallest absolute Gasteiger partial charge is 0.0440 e. The lowest BCUT2D eigenvalue weighted by molar-refractivity contribution is 0.402. The van der Waals surface area contributed by atoms with Crippen LogP contribution < -0.4 is 4.90 Å². The molecule has 0 amide bonds. The van der Waals surface area contributed by atoms with Gasteiger partial charge in [-0.3, -0.25) is 0 Å². The van der Waals surface area contributed by atoms with Crippen LogP contribution >= 0.6 is 0 Å². The van der Waals surface area contributed by atoms with Crippen molar-refractivity contribution in [1.82, 2.24) is 4.90 Å². The average molecular weight is 254 g/mol. The van der Waals surface area contributed by atoms with Crippen LogP contribution in [0.4, 0.5) is 5.69 Å². The van der Waals surface area contributed by atoms with E-state index in [2.05, 4.69) is 86.5 Å². The molecular weight excluding hydrogens is 232 g/mol. The van der Waals surface area contributed by atoms with Crippen molar-refractivity contribution in [3.63, 3.8) is 0 Å². The highest BCUT2D eigenvalue weighted by molar-refractivity contribution is 5.78. The van der Waals surface area contributed by atoms with E-state index in [4.69, 9.17) is 0 Å². The first-order chi connectivity index (χ1) is 9.08. The topological polar surface area (TPSA) is 6.48 Å². The SMILES string of the molecule is CN(C)Cc1cccc(-c2ccccc2N(C)C)c1. The molecule has 0 aliphatic carbocycles. The van der Waals surface area contributed by atoms with Gasteiger partial charge in [0.25, 0.3) is 0 Å². The largest absolute Gasteiger partial charge is 0.377 e. The zero-order valence-corrected chi connectivity index (χ0v) is 12.2. The first-order valence-corrected chi connectivity index (χ1v) is 6.58. The predicted octanol–water partition coefficient (Wildman–Crippen LogP) is 3.48. The molecule has 0 N–H and O–H groups in total. The highest BCUT2D eigenvalue weighted by Crippen LogP contribution is 2.30. The van der Waals surface area contributed by atoms with Crippen LogP contribution in [-0.2, 0) is 6.54 Å². The van der Waals surface area contributed by atoms with E-state index in [1.54, 1.807) is 0 Å². The molecule has 0 saturated heterocycles. The zero-order chi connectivity index (χ0) is 13.8. The van der Waals surface area contributed by atoms with Gasteiger partial charge >= 0.3 is 0 Å². The second-order valence-electron chi connectivity index (χ2n) is 5.35. The summed E-state index contributed by atoms with van der Waals surface area (Å²) in [6, 6.07) is 17.3. The summed E-state index contributed by atoms with van der Waals surface area (Å²) in [5, 5.41) is 0. The summed E-state index contributed by atoms with van der Waals surface area (Å²) >= 11 is 0. The first kappa shape index (κ1) is 13.6. The van der Waals surface area contributed by atoms with Crippen LogP contribution in [0.3, 0.4) is 0 Å². The molecule has 0 fully saturated rings. The van der Waals surface area contributed by atoms with E-state index in [0.29, 0.717) is 0 Å². The third-order valence-electron chi connectivity index (χ3n) is 3.12. The highest BCUT2D eigenvalue weighted by Gasteiger charge is 2.06. The average Bonchev–Trinajstić information content (AvgIpc) is 2.38. The fraction of sp³-hybridized carbons (Fsp3) is 0.294. The van der Waals surface area contributed by atoms with Crippen molar-refractivity contribution < 1.29 is 0 Å². The maximum absolute atomic E-state index is 2.28. The quantitative estimate of drug-likeness (QED) is 0.824. The lowest BCUT2D eigenvalue weighted by atomic mass is 10.0. The van der Waals surface area contributed by atoms with Gasteiger partial charge in [0.1, 0.15) is 0 Å². The normalized spacial score (nSPS) is 10.8. The maximum atomic E-state index is 2.28. The lowest BCUT2D eigenvalue weighted by Crippen LogP contribution is -2.11. The molecular formula is C17H22N2. The molecule has 0 aliphatic heterocycles. The second-order valence-corrected chi connectivity index (χ2v) is 5.35. The van der Waals surface area contributed by atoms with Crippen molar-refractivity contribution in [1.29, 1.82) is 0 Å². The Labute approximate surface area is 116 Å². The predicted molar refractivity (Wildman–Crippen MR) is 83.6 cm³/mol. The number of anilines is 1. The van der Waals surface area contributed by atoms with Crippen molar-refractivity contribution in [3.8, 4) is 11.1 Å². The molecule has 2 aromatic rings. The number of hydrogen-bond acceptors (Lipinski definition) is 2. The van der Waals surface area contributed by atoms with E-state index in [1.165, 1.54) is 22.4 Å². The molecule has 0 saturated carbocycles. The minimum Gasteiger partial charge on any atom is -0.377 e. The highest BCUT2D eigenvalue weighted by atomic mass is 15.1. The Morgan fingerprint density at radius 3 is 2.26 bits per heavy atom. The van der Waals surface area contributed by atoms with E-state index in [9.17, 15) is 0 Å². The van der Waals surface area contributed by atoms with Gasteiger partial charge < -0.3 is 9.80 Å². The molecule has 2 heteroatoms. The number of nitrogens with zero attached hydrogens (tertiary/aromatic N) is 2. The zero-order valence-electron chi connectivity index (χ0n) is 12.2. The van der Waals surface area contributed by atoms with Crippen LogP contribution in [0.15, 0.2) is 48.5 Å². The minimum absolute atomic E-state index is 0.970. The van der Waals surface area contributed by atoms with Crippen LogP contribution in [0, 0.1) is 0 Å². The van der Waals surface area contributed by atoms with Gasteiger partial charge in [-0.05, 0) is 37.4 Å². The Kier molecular flexibility index (Phi) is 4.23. The molecule has 0 bridgehead atoms. The third kappa shape index (κ3) is 3.36. The number of para-hydroxylation sites is 1. The van der Waals surface area contributed by atoms with Crippen molar-refractivity contribution in [2.24, 2.45) is 0 Å². The van der Waals surface area contributed by atoms with Gasteiger partial charge in [0.05, 0.1) is 0 Å². The fourth-order valence-corrected chi connectivity index (χ4v) is 2.31. The number of hydrogen-bond donors (Lipinski definition) is 0. The summed E-state index contributed by atoms with van der Waals surface area (Å²) in [6.07, 6.45) is 0. The summed E-state index contributed by atoms with van der Waals surface area (Å²) in [7, 11) is 8.37. The molecule has 0 atom stereocenters. The van der Waals surface area contributed by atoms with Gasteiger partial charge in [0, 0.05) is 31.9 Å². The Balaban J connectivity index is 2.42. The van der Waals surface area contributed by atoms with E-state index >= 15 is 0 Å². The van der Waals surface area contributed by atoms with E-state index < -0.39 is 0 Å². The van der Waals surface area contributed by atoms with Gasteiger partial charge in [0.15, 0.2) is 0 Å². The molecule has 2 rings (SSSR count). The molecule has 2 aromatic carbocycles. The van der Waals surface area contributed by atoms with Crippen LogP contribution in [0.2, 0.25) is 0 Å². The Morgan fingerprint density at radius 1 is 0.842 bits per heavy atom. The van der Waals surface area contributed by atoms with Crippen LogP contribution in [-0.4, -0.2) is 33.1 Å². The van der Waals surface area contributed by atoms with Gasteiger partial charge in [-0.25, -0.2) is 0 Å². The van der Waals surface area contributed by atoms with E-state index in [1.807, 2.05) is 0 Å². The lowest BCUT2D eigenvalue weighted by Gasteiger charge is -2.18. The second kappa shape index (κ2) is 5.89. The van der Waals surface area contributed by atoms with Crippen LogP contribution in [0.25, 0.3) is 11.1 Å². The summed E-state index contributed by atoms with van der Waals surface area (Å²) in [6.45, 7) is 0.970. The number of benzene rings is 2. The van der Waals surface area contributed by atoms with Gasteiger partial charge in [-0.1, -0.05) is 36.4 Å². The van der Waals surface area contributed by atoms with Gasteiger partial charge in [0.2, 0.25) is 0 Å². The third-order valence-corrected chi connectivity index (χ3v) is 3.12. The molecule has 0 spiro atoms. The van der Waals surface area contributed by atoms with Crippen LogP contribution in [0.5, 0.6) is 0 Å². The summed E-state index contributed by atoms with van der Waals surface area (Å²) in [5.74, 6) is 0. The molecule has 0 aliphatic rings. The summed E-state index contributed by atoms with van der Waals surface area (Å²) in [5.41, 5.74) is 5.16. The fourth-order valence-electron chi connectivity index (χ4n) is 2.31. The van der Waals surface area contributed by atoms with Crippen molar-refractivity contribution >= 4 is 5.69 Å². The van der Waals surface area contributed by atoms with Gasteiger partial charge in [-0.15, -0.1) is 0 Å². The molecule has 0 radical (unpaired) electrons. The van der Waals surface area contributed by atoms with Gasteiger partial charge in [-0.2, -0.15) is 0 Å². The van der Waals surface area contributed by atoms with E-state index in [0.717, 1.165) is 6.54 Å². The Hall–Kier alpha value is -1.80. The Bertz CT molecular complexity index is 544. The maximum Gasteiger partial charge on any atom is 0.0440 e. The number of rotatable bonds is 4. The van der Waals surface area contributed by atoms with Crippen molar-refractivity contribution in [2.45, 2.75) is 6.54 Å². The molecule has 0 aromatic heterocycles. The molecule has 0 heterocycles. The molecule has 0 unspecified atom stereocenters. The van der Waals surface area contributed by atoms with Crippen molar-refractivity contribution in [3.05, 3.63) is 54.1 Å². The molecule has 2 nitrogen and oxygen atoms in total. The van der Waals surface area contributed by atoms with Crippen LogP contribution in [0.1, 0.15) is 5.56 Å². The summed E-state index contributed by atoms with van der Waals surface area (Å²) < 4.78 is 0. The Morgan fingerprint density at radius 2 is 1.58 bits per heavy atom. The van der Waals surface area contributed by atoms with Crippen molar-refractivity contribution in [2.75, 3.05) is 33.1 Å². The van der Waals surface area contributed by atoms with E-state index in [-0.39, 0.29) is 0 Å². The minimum atomic E-state index is 0.970. The molecule has 19 heavy (non-hydrogen) atoms.